The Morgan fingerprint density at radius 3 is 2.67 bits per heavy atom. The van der Waals surface area contributed by atoms with Crippen molar-refractivity contribution >= 4 is 11.8 Å². The molecule has 1 aromatic rings. The van der Waals surface area contributed by atoms with E-state index in [0.29, 0.717) is 19.0 Å². The van der Waals surface area contributed by atoms with Crippen LogP contribution in [0, 0.1) is 17.3 Å². The Hall–Kier alpha value is -2.11. The molecular formula is C18H27N3O3. The third kappa shape index (κ3) is 4.46. The lowest BCUT2D eigenvalue weighted by Crippen LogP contribution is -2.40. The number of carbonyl (C=O) groups is 2. The van der Waals surface area contributed by atoms with Crippen molar-refractivity contribution in [3.8, 4) is 5.88 Å². The molecule has 2 amide bonds. The zero-order valence-electron chi connectivity index (χ0n) is 15.1. The van der Waals surface area contributed by atoms with Gasteiger partial charge in [-0.15, -0.1) is 0 Å². The van der Waals surface area contributed by atoms with Gasteiger partial charge in [-0.1, -0.05) is 26.8 Å². The third-order valence-corrected chi connectivity index (χ3v) is 4.20. The Balaban J connectivity index is 1.96. The lowest BCUT2D eigenvalue weighted by molar-refractivity contribution is -0.135. The first-order valence-corrected chi connectivity index (χ1v) is 8.35. The van der Waals surface area contributed by atoms with Gasteiger partial charge in [0, 0.05) is 31.3 Å². The van der Waals surface area contributed by atoms with Gasteiger partial charge in [0.1, 0.15) is 5.92 Å². The molecule has 2 N–H and O–H groups in total. The van der Waals surface area contributed by atoms with Crippen LogP contribution in [0.5, 0.6) is 5.88 Å². The molecule has 6 heteroatoms. The minimum Gasteiger partial charge on any atom is -0.475 e. The first-order valence-electron chi connectivity index (χ1n) is 8.35. The topological polar surface area (TPSA) is 80.3 Å². The second-order valence-corrected chi connectivity index (χ2v) is 7.58. The molecule has 1 aliphatic rings. The number of ether oxygens (including phenoxy) is 1. The standard InChI is InChI=1S/C18H27N3O3/c1-11(2)24-14-7-6-12(8-19-14)9-20-16(22)15-13(18(3,4)5)10-21-17(15)23/h6-8,11,13,15H,9-10H2,1-5H3,(H,20,22)(H,21,23). The maximum Gasteiger partial charge on any atom is 0.233 e. The molecule has 0 aromatic carbocycles. The van der Waals surface area contributed by atoms with Gasteiger partial charge >= 0.3 is 0 Å². The molecule has 0 bridgehead atoms. The minimum atomic E-state index is -0.637. The largest absolute Gasteiger partial charge is 0.475 e. The summed E-state index contributed by atoms with van der Waals surface area (Å²) in [5.74, 6) is -0.506. The van der Waals surface area contributed by atoms with Crippen LogP contribution in [0.4, 0.5) is 0 Å². The molecule has 2 rings (SSSR count). The van der Waals surface area contributed by atoms with Crippen molar-refractivity contribution in [2.24, 2.45) is 17.3 Å². The number of aromatic nitrogens is 1. The van der Waals surface area contributed by atoms with Crippen molar-refractivity contribution in [1.29, 1.82) is 0 Å². The molecule has 2 heterocycles. The van der Waals surface area contributed by atoms with E-state index in [1.807, 2.05) is 19.9 Å². The van der Waals surface area contributed by atoms with Crippen LogP contribution < -0.4 is 15.4 Å². The van der Waals surface area contributed by atoms with Crippen LogP contribution in [-0.4, -0.2) is 29.4 Å². The number of pyridine rings is 1. The second kappa shape index (κ2) is 7.20. The van der Waals surface area contributed by atoms with E-state index in [0.717, 1.165) is 5.56 Å². The van der Waals surface area contributed by atoms with Gasteiger partial charge in [-0.3, -0.25) is 9.59 Å². The summed E-state index contributed by atoms with van der Waals surface area (Å²) >= 11 is 0. The highest BCUT2D eigenvalue weighted by atomic mass is 16.5. The highest BCUT2D eigenvalue weighted by Crippen LogP contribution is 2.35. The fourth-order valence-electron chi connectivity index (χ4n) is 2.85. The monoisotopic (exact) mass is 333 g/mol. The normalized spacial score (nSPS) is 20.8. The van der Waals surface area contributed by atoms with Gasteiger partial charge in [0.05, 0.1) is 6.10 Å². The smallest absolute Gasteiger partial charge is 0.233 e. The fourth-order valence-corrected chi connectivity index (χ4v) is 2.85. The molecule has 1 fully saturated rings. The van der Waals surface area contributed by atoms with E-state index < -0.39 is 5.92 Å². The van der Waals surface area contributed by atoms with Gasteiger partial charge in [-0.2, -0.15) is 0 Å². The van der Waals surface area contributed by atoms with E-state index in [9.17, 15) is 9.59 Å². The summed E-state index contributed by atoms with van der Waals surface area (Å²) in [6, 6.07) is 3.64. The SMILES string of the molecule is CC(C)Oc1ccc(CNC(=O)C2C(=O)NCC2C(C)(C)C)cn1. The Labute approximate surface area is 143 Å². The number of hydrogen-bond acceptors (Lipinski definition) is 4. The molecule has 24 heavy (non-hydrogen) atoms. The van der Waals surface area contributed by atoms with Crippen LogP contribution in [0.25, 0.3) is 0 Å². The number of rotatable bonds is 5. The average molecular weight is 333 g/mol. The molecule has 1 saturated heterocycles. The average Bonchev–Trinajstić information content (AvgIpc) is 2.87. The van der Waals surface area contributed by atoms with E-state index >= 15 is 0 Å². The highest BCUT2D eigenvalue weighted by molar-refractivity contribution is 6.02. The molecule has 6 nitrogen and oxygen atoms in total. The molecular weight excluding hydrogens is 306 g/mol. The van der Waals surface area contributed by atoms with Crippen LogP contribution >= 0.6 is 0 Å². The lowest BCUT2D eigenvalue weighted by atomic mass is 9.74. The van der Waals surface area contributed by atoms with Gasteiger partial charge < -0.3 is 15.4 Å². The van der Waals surface area contributed by atoms with Crippen molar-refractivity contribution in [2.45, 2.75) is 47.3 Å². The number of hydrogen-bond donors (Lipinski definition) is 2. The number of amides is 2. The van der Waals surface area contributed by atoms with E-state index in [4.69, 9.17) is 4.74 Å². The highest BCUT2D eigenvalue weighted by Gasteiger charge is 2.45. The van der Waals surface area contributed by atoms with E-state index in [2.05, 4.69) is 36.4 Å². The summed E-state index contributed by atoms with van der Waals surface area (Å²) in [4.78, 5) is 28.7. The van der Waals surface area contributed by atoms with Crippen molar-refractivity contribution in [3.05, 3.63) is 23.9 Å². The maximum absolute atomic E-state index is 12.5. The van der Waals surface area contributed by atoms with Crippen LogP contribution in [0.2, 0.25) is 0 Å². The Kier molecular flexibility index (Phi) is 5.47. The van der Waals surface area contributed by atoms with Crippen LogP contribution in [0.1, 0.15) is 40.2 Å². The van der Waals surface area contributed by atoms with Gasteiger partial charge in [0.2, 0.25) is 17.7 Å². The maximum atomic E-state index is 12.5. The first-order chi connectivity index (χ1) is 11.2. The summed E-state index contributed by atoms with van der Waals surface area (Å²) in [6.45, 7) is 10.9. The van der Waals surface area contributed by atoms with Crippen LogP contribution in [0.3, 0.4) is 0 Å². The van der Waals surface area contributed by atoms with Crippen molar-refractivity contribution < 1.29 is 14.3 Å². The third-order valence-electron chi connectivity index (χ3n) is 4.20. The van der Waals surface area contributed by atoms with Crippen molar-refractivity contribution in [1.82, 2.24) is 15.6 Å². The summed E-state index contributed by atoms with van der Waals surface area (Å²) in [7, 11) is 0. The van der Waals surface area contributed by atoms with Gasteiger partial charge in [0.25, 0.3) is 0 Å². The van der Waals surface area contributed by atoms with E-state index in [1.165, 1.54) is 0 Å². The molecule has 0 radical (unpaired) electrons. The predicted octanol–water partition coefficient (Wildman–Crippen LogP) is 1.89. The molecule has 0 spiro atoms. The molecule has 0 saturated carbocycles. The minimum absolute atomic E-state index is 0.00931. The molecule has 2 atom stereocenters. The number of nitrogens with one attached hydrogen (secondary N) is 2. The molecule has 2 unspecified atom stereocenters. The molecule has 1 aliphatic heterocycles. The van der Waals surface area contributed by atoms with Crippen molar-refractivity contribution in [3.63, 3.8) is 0 Å². The molecule has 132 valence electrons. The fraction of sp³-hybridized carbons (Fsp3) is 0.611. The van der Waals surface area contributed by atoms with Gasteiger partial charge in [0.15, 0.2) is 0 Å². The second-order valence-electron chi connectivity index (χ2n) is 7.58. The van der Waals surface area contributed by atoms with Crippen LogP contribution in [-0.2, 0) is 16.1 Å². The van der Waals surface area contributed by atoms with Gasteiger partial charge in [-0.25, -0.2) is 4.98 Å². The molecule has 0 aliphatic carbocycles. The Morgan fingerprint density at radius 1 is 1.42 bits per heavy atom. The number of carbonyl (C=O) groups excluding carboxylic acids is 2. The Morgan fingerprint density at radius 2 is 2.12 bits per heavy atom. The molecule has 1 aromatic heterocycles. The summed E-state index contributed by atoms with van der Waals surface area (Å²) < 4.78 is 5.49. The zero-order valence-corrected chi connectivity index (χ0v) is 15.1. The Bertz CT molecular complexity index is 591. The quantitative estimate of drug-likeness (QED) is 0.807. The zero-order chi connectivity index (χ0) is 17.9. The summed E-state index contributed by atoms with van der Waals surface area (Å²) in [6.07, 6.45) is 1.74. The van der Waals surface area contributed by atoms with E-state index in [-0.39, 0.29) is 29.3 Å². The predicted molar refractivity (Wildman–Crippen MR) is 91.3 cm³/mol. The summed E-state index contributed by atoms with van der Waals surface area (Å²) in [5.41, 5.74) is 0.753. The lowest BCUT2D eigenvalue weighted by Gasteiger charge is -2.29. The van der Waals surface area contributed by atoms with Crippen molar-refractivity contribution in [2.75, 3.05) is 6.54 Å². The van der Waals surface area contributed by atoms with Crippen LogP contribution in [0.15, 0.2) is 18.3 Å². The number of nitrogens with zero attached hydrogens (tertiary/aromatic N) is 1. The first kappa shape index (κ1) is 18.2. The van der Waals surface area contributed by atoms with E-state index in [1.54, 1.807) is 12.3 Å². The van der Waals surface area contributed by atoms with Gasteiger partial charge in [-0.05, 0) is 24.8 Å². The summed E-state index contributed by atoms with van der Waals surface area (Å²) in [5, 5.41) is 5.66.